The van der Waals surface area contributed by atoms with Crippen molar-refractivity contribution in [2.45, 2.75) is 38.5 Å². The lowest BCUT2D eigenvalue weighted by Gasteiger charge is -2.29. The quantitative estimate of drug-likeness (QED) is 0.630. The van der Waals surface area contributed by atoms with Gasteiger partial charge in [0.1, 0.15) is 11.9 Å². The lowest BCUT2D eigenvalue weighted by atomic mass is 10.0. The maximum absolute atomic E-state index is 15.6. The number of fused-ring (bicyclic) bond motifs is 1. The summed E-state index contributed by atoms with van der Waals surface area (Å²) in [5.74, 6) is -1.86. The number of nitrogens with one attached hydrogen (secondary N) is 2. The number of rotatable bonds is 6. The molecule has 2 fully saturated rings. The zero-order chi connectivity index (χ0) is 26.3. The first-order valence-corrected chi connectivity index (χ1v) is 11.3. The van der Waals surface area contributed by atoms with E-state index in [9.17, 15) is 14.4 Å². The summed E-state index contributed by atoms with van der Waals surface area (Å²) < 4.78 is 45.7. The Labute approximate surface area is 201 Å². The van der Waals surface area contributed by atoms with Gasteiger partial charge in [-0.1, -0.05) is 24.2 Å². The Morgan fingerprint density at radius 2 is 1.97 bits per heavy atom. The van der Waals surface area contributed by atoms with Gasteiger partial charge in [0.2, 0.25) is 11.8 Å². The van der Waals surface area contributed by atoms with E-state index in [4.69, 9.17) is 8.85 Å². The van der Waals surface area contributed by atoms with E-state index in [0.29, 0.717) is 43.1 Å². The van der Waals surface area contributed by atoms with Crippen molar-refractivity contribution in [2.24, 2.45) is 0 Å². The van der Waals surface area contributed by atoms with Crippen molar-refractivity contribution in [3.63, 3.8) is 0 Å². The lowest BCUT2D eigenvalue weighted by molar-refractivity contribution is -0.136. The molecular weight excluding hydrogens is 439 g/mol. The van der Waals surface area contributed by atoms with Crippen molar-refractivity contribution in [3.05, 3.63) is 64.4 Å². The zero-order valence-electron chi connectivity index (χ0n) is 21.6. The molecule has 9 heteroatoms. The molecule has 2 aromatic carbocycles. The predicted octanol–water partition coefficient (Wildman–Crippen LogP) is 2.03. The number of hydrogen-bond donors (Lipinski definition) is 2. The van der Waals surface area contributed by atoms with Gasteiger partial charge in [-0.15, -0.1) is 0 Å². The zero-order valence-corrected chi connectivity index (χ0v) is 18.6. The fraction of sp³-hybridized carbons (Fsp3) is 0.400. The van der Waals surface area contributed by atoms with Gasteiger partial charge in [-0.3, -0.25) is 24.6 Å². The number of nitrogens with zero attached hydrogens (tertiary/aromatic N) is 2. The van der Waals surface area contributed by atoms with Crippen molar-refractivity contribution in [1.82, 2.24) is 15.1 Å². The number of imide groups is 1. The third kappa shape index (κ3) is 4.41. The minimum Gasteiger partial charge on any atom is -0.381 e. The van der Waals surface area contributed by atoms with Gasteiger partial charge in [0, 0.05) is 67.1 Å². The molecule has 2 N–H and O–H groups in total. The number of carbonyl (C=O) groups excluding carboxylic acids is 3. The summed E-state index contributed by atoms with van der Waals surface area (Å²) >= 11 is 0. The van der Waals surface area contributed by atoms with Crippen LogP contribution in [0.15, 0.2) is 36.3 Å². The van der Waals surface area contributed by atoms with E-state index in [1.807, 2.05) is 4.90 Å². The Kier molecular flexibility index (Phi) is 5.33. The van der Waals surface area contributed by atoms with Crippen molar-refractivity contribution >= 4 is 23.4 Å². The van der Waals surface area contributed by atoms with Crippen LogP contribution in [0.2, 0.25) is 0 Å². The Morgan fingerprint density at radius 1 is 1.18 bits per heavy atom. The monoisotopic (exact) mass is 469 g/mol. The molecule has 3 aliphatic heterocycles. The summed E-state index contributed by atoms with van der Waals surface area (Å²) in [7, 11) is 0. The summed E-state index contributed by atoms with van der Waals surface area (Å²) in [5, 5.41) is 5.39. The van der Waals surface area contributed by atoms with Gasteiger partial charge in [0.25, 0.3) is 5.91 Å². The maximum atomic E-state index is 15.6. The van der Waals surface area contributed by atoms with E-state index >= 15 is 4.39 Å². The molecule has 0 radical (unpaired) electrons. The van der Waals surface area contributed by atoms with Crippen LogP contribution >= 0.6 is 0 Å². The van der Waals surface area contributed by atoms with E-state index in [0.717, 1.165) is 0 Å². The summed E-state index contributed by atoms with van der Waals surface area (Å²) in [6, 6.07) is 3.34. The van der Waals surface area contributed by atoms with Crippen molar-refractivity contribution in [3.8, 4) is 0 Å². The van der Waals surface area contributed by atoms with Gasteiger partial charge in [0.05, 0.1) is 17.3 Å². The molecule has 3 amide bonds. The molecule has 0 aliphatic carbocycles. The molecule has 0 aromatic heterocycles. The molecule has 2 saturated heterocycles. The molecule has 3 aliphatic rings. The molecule has 1 unspecified atom stereocenters. The van der Waals surface area contributed by atoms with Gasteiger partial charge in [-0.05, 0) is 18.6 Å². The van der Waals surface area contributed by atoms with Gasteiger partial charge >= 0.3 is 0 Å². The summed E-state index contributed by atoms with van der Waals surface area (Å²) in [6.07, 6.45) is 0.402. The minimum atomic E-state index is -0.749. The number of morpholine rings is 1. The molecule has 5 rings (SSSR count). The van der Waals surface area contributed by atoms with Crippen LogP contribution in [0.4, 0.5) is 10.1 Å². The Hall–Kier alpha value is -3.30. The Bertz CT molecular complexity index is 1290. The lowest BCUT2D eigenvalue weighted by Crippen LogP contribution is -2.52. The van der Waals surface area contributed by atoms with Gasteiger partial charge < -0.3 is 15.0 Å². The molecule has 0 spiro atoms. The van der Waals surface area contributed by atoms with Gasteiger partial charge in [0.15, 0.2) is 0 Å². The highest BCUT2D eigenvalue weighted by Gasteiger charge is 2.39. The summed E-state index contributed by atoms with van der Waals surface area (Å²) in [4.78, 5) is 40.3. The first-order valence-electron chi connectivity index (χ1n) is 12.8. The van der Waals surface area contributed by atoms with Crippen molar-refractivity contribution < 1.29 is 27.6 Å². The van der Waals surface area contributed by atoms with E-state index in [-0.39, 0.29) is 73.5 Å². The first-order chi connectivity index (χ1) is 17.8. The standard InChI is InChI=1S/C25H27FN4O4/c26-23-16(3-1-4-17(23)14-29-9-11-34-12-10-29)13-27-20-6-2-5-18-19(20)15-30(25(18)33)21-7-8-22(31)28-24(21)32/h1-6,21,27H,7-15H2,(H,28,31,32)/i1D,3D,4D. The molecular formula is C25H27FN4O4. The van der Waals surface area contributed by atoms with E-state index < -0.39 is 17.8 Å². The van der Waals surface area contributed by atoms with Gasteiger partial charge in [-0.2, -0.15) is 0 Å². The fourth-order valence-corrected chi connectivity index (χ4v) is 4.62. The number of halogens is 1. The molecule has 2 aromatic rings. The molecule has 34 heavy (non-hydrogen) atoms. The van der Waals surface area contributed by atoms with Crippen LogP contribution in [0.1, 0.15) is 44.0 Å². The minimum absolute atomic E-state index is 0.0202. The van der Waals surface area contributed by atoms with Crippen LogP contribution in [0, 0.1) is 5.82 Å². The smallest absolute Gasteiger partial charge is 0.255 e. The number of carbonyl (C=O) groups is 3. The third-order valence-corrected chi connectivity index (χ3v) is 6.48. The third-order valence-electron chi connectivity index (χ3n) is 6.48. The molecule has 1 atom stereocenters. The highest BCUT2D eigenvalue weighted by molar-refractivity contribution is 6.06. The number of piperidine rings is 1. The van der Waals surface area contributed by atoms with Crippen LogP contribution < -0.4 is 10.6 Å². The second kappa shape index (κ2) is 9.52. The van der Waals surface area contributed by atoms with Crippen molar-refractivity contribution in [1.29, 1.82) is 0 Å². The molecule has 8 nitrogen and oxygen atoms in total. The number of amides is 3. The van der Waals surface area contributed by atoms with Crippen molar-refractivity contribution in [2.75, 3.05) is 31.6 Å². The number of ether oxygens (including phenoxy) is 1. The van der Waals surface area contributed by atoms with Crippen LogP contribution in [0.5, 0.6) is 0 Å². The number of benzene rings is 2. The number of hydrogen-bond acceptors (Lipinski definition) is 6. The van der Waals surface area contributed by atoms with Gasteiger partial charge in [-0.25, -0.2) is 4.39 Å². The van der Waals surface area contributed by atoms with Crippen LogP contribution in [-0.4, -0.2) is 59.9 Å². The second-order valence-corrected chi connectivity index (χ2v) is 8.62. The topological polar surface area (TPSA) is 91.0 Å². The number of anilines is 1. The molecule has 3 heterocycles. The van der Waals surface area contributed by atoms with Crippen LogP contribution in [0.3, 0.4) is 0 Å². The largest absolute Gasteiger partial charge is 0.381 e. The predicted molar refractivity (Wildman–Crippen MR) is 122 cm³/mol. The highest BCUT2D eigenvalue weighted by Crippen LogP contribution is 2.32. The summed E-state index contributed by atoms with van der Waals surface area (Å²) in [6.45, 7) is 2.41. The average Bonchev–Trinajstić information content (AvgIpc) is 3.23. The maximum Gasteiger partial charge on any atom is 0.255 e. The van der Waals surface area contributed by atoms with E-state index in [1.54, 1.807) is 18.2 Å². The SMILES string of the molecule is [2H]c1c([2H])c(CNc2cccc3c2CN(C2CCC(=O)NC2=O)C3=O)c(F)c(CN2CCOCC2)c1[2H]. The first kappa shape index (κ1) is 19.1. The normalized spacial score (nSPS) is 22.1. The molecule has 178 valence electrons. The average molecular weight is 470 g/mol. The molecule has 0 bridgehead atoms. The Morgan fingerprint density at radius 3 is 2.76 bits per heavy atom. The fourth-order valence-electron chi connectivity index (χ4n) is 4.62. The summed E-state index contributed by atoms with van der Waals surface area (Å²) in [5.41, 5.74) is 1.67. The Balaban J connectivity index is 1.38. The second-order valence-electron chi connectivity index (χ2n) is 8.62. The van der Waals surface area contributed by atoms with Crippen LogP contribution in [-0.2, 0) is 34.0 Å². The van der Waals surface area contributed by atoms with E-state index in [2.05, 4.69) is 10.6 Å². The highest BCUT2D eigenvalue weighted by atomic mass is 19.1. The molecule has 0 saturated carbocycles. The van der Waals surface area contributed by atoms with E-state index in [1.165, 1.54) is 4.90 Å². The van der Waals surface area contributed by atoms with Crippen LogP contribution in [0.25, 0.3) is 0 Å².